The molecule has 0 radical (unpaired) electrons. The lowest BCUT2D eigenvalue weighted by atomic mass is 10.1. The average Bonchev–Trinajstić information content (AvgIpc) is 2.86. The zero-order valence-electron chi connectivity index (χ0n) is 9.35. The molecule has 0 saturated carbocycles. The number of rotatable bonds is 4. The molecule has 0 saturated heterocycles. The van der Waals surface area contributed by atoms with Crippen molar-refractivity contribution in [2.75, 3.05) is 10.6 Å². The Bertz CT molecular complexity index is 563. The van der Waals surface area contributed by atoms with Crippen molar-refractivity contribution < 1.29 is 14.0 Å². The van der Waals surface area contributed by atoms with Crippen LogP contribution in [-0.4, -0.2) is 17.0 Å². The Hall–Kier alpha value is -1.88. The van der Waals surface area contributed by atoms with Gasteiger partial charge in [0.2, 0.25) is 11.8 Å². The molecule has 1 amide bonds. The molecule has 0 aliphatic rings. The smallest absolute Gasteiger partial charge is 0.237 e. The summed E-state index contributed by atoms with van der Waals surface area (Å²) in [4.78, 5) is 23.4. The number of carbonyl (C=O) groups excluding carboxylic acids is 2. The van der Waals surface area contributed by atoms with Crippen LogP contribution in [0.1, 0.15) is 15.9 Å². The van der Waals surface area contributed by atoms with E-state index in [4.69, 9.17) is 4.42 Å². The molecule has 0 atom stereocenters. The third-order valence-corrected chi connectivity index (χ3v) is 2.83. The summed E-state index contributed by atoms with van der Waals surface area (Å²) in [6, 6.07) is 10.4. The molecule has 0 fully saturated rings. The van der Waals surface area contributed by atoms with E-state index in [9.17, 15) is 9.59 Å². The summed E-state index contributed by atoms with van der Waals surface area (Å²) in [7, 11) is 0. The Balaban J connectivity index is 2.27. The zero-order valence-corrected chi connectivity index (χ0v) is 10.9. The van der Waals surface area contributed by atoms with Crippen LogP contribution in [0.15, 0.2) is 47.1 Å². The zero-order chi connectivity index (χ0) is 13.0. The number of benzene rings is 1. The first-order valence-electron chi connectivity index (χ1n) is 5.25. The summed E-state index contributed by atoms with van der Waals surface area (Å²) < 4.78 is 5.11. The van der Waals surface area contributed by atoms with Crippen LogP contribution < -0.4 is 5.32 Å². The van der Waals surface area contributed by atoms with Crippen LogP contribution in [0.25, 0.3) is 0 Å². The Morgan fingerprint density at radius 3 is 2.56 bits per heavy atom. The second kappa shape index (κ2) is 5.64. The van der Waals surface area contributed by atoms with E-state index in [0.29, 0.717) is 11.1 Å². The molecule has 1 heterocycles. The standard InChI is InChI=1S/C13H10BrNO3/c14-8-11(16)15-13-10(6-7-18-13)12(17)9-4-2-1-3-5-9/h1-7H,8H2,(H,15,16). The summed E-state index contributed by atoms with van der Waals surface area (Å²) >= 11 is 3.03. The molecule has 0 aliphatic heterocycles. The minimum absolute atomic E-state index is 0.146. The van der Waals surface area contributed by atoms with Crippen LogP contribution in [0.3, 0.4) is 0 Å². The lowest BCUT2D eigenvalue weighted by Gasteiger charge is -2.03. The van der Waals surface area contributed by atoms with Crippen LogP contribution in [0.4, 0.5) is 5.88 Å². The summed E-state index contributed by atoms with van der Waals surface area (Å²) in [6.07, 6.45) is 1.38. The first-order valence-corrected chi connectivity index (χ1v) is 6.37. The van der Waals surface area contributed by atoms with Crippen LogP contribution in [0.5, 0.6) is 0 Å². The maximum atomic E-state index is 12.2. The highest BCUT2D eigenvalue weighted by molar-refractivity contribution is 9.09. The second-order valence-corrected chi connectivity index (χ2v) is 4.10. The van der Waals surface area contributed by atoms with Crippen molar-refractivity contribution in [2.45, 2.75) is 0 Å². The maximum Gasteiger partial charge on any atom is 0.237 e. The highest BCUT2D eigenvalue weighted by Crippen LogP contribution is 2.20. The van der Waals surface area contributed by atoms with Crippen molar-refractivity contribution in [3.8, 4) is 0 Å². The number of nitrogens with one attached hydrogen (secondary N) is 1. The van der Waals surface area contributed by atoms with Crippen LogP contribution >= 0.6 is 15.9 Å². The van der Waals surface area contributed by atoms with Gasteiger partial charge < -0.3 is 4.42 Å². The summed E-state index contributed by atoms with van der Waals surface area (Å²) in [5.41, 5.74) is 0.892. The van der Waals surface area contributed by atoms with Crippen molar-refractivity contribution in [2.24, 2.45) is 0 Å². The molecular formula is C13H10BrNO3. The lowest BCUT2D eigenvalue weighted by Crippen LogP contribution is -2.14. The topological polar surface area (TPSA) is 59.3 Å². The first kappa shape index (κ1) is 12.6. The van der Waals surface area contributed by atoms with E-state index in [2.05, 4.69) is 21.2 Å². The number of furan rings is 1. The highest BCUT2D eigenvalue weighted by atomic mass is 79.9. The van der Waals surface area contributed by atoms with Gasteiger partial charge in [-0.25, -0.2) is 0 Å². The number of hydrogen-bond donors (Lipinski definition) is 1. The molecule has 2 aromatic rings. The van der Waals surface area contributed by atoms with Gasteiger partial charge in [-0.15, -0.1) is 0 Å². The van der Waals surface area contributed by atoms with Crippen LogP contribution in [-0.2, 0) is 4.79 Å². The van der Waals surface area contributed by atoms with Gasteiger partial charge in [-0.2, -0.15) is 0 Å². The predicted molar refractivity (Wildman–Crippen MR) is 71.0 cm³/mol. The molecule has 0 aliphatic carbocycles. The van der Waals surface area contributed by atoms with Gasteiger partial charge >= 0.3 is 0 Å². The van der Waals surface area contributed by atoms with E-state index < -0.39 is 0 Å². The molecule has 5 heteroatoms. The van der Waals surface area contributed by atoms with E-state index in [1.54, 1.807) is 30.3 Å². The molecule has 1 N–H and O–H groups in total. The fraction of sp³-hybridized carbons (Fsp3) is 0.0769. The molecule has 2 rings (SSSR count). The van der Waals surface area contributed by atoms with Crippen molar-refractivity contribution in [3.05, 3.63) is 53.8 Å². The van der Waals surface area contributed by atoms with Gasteiger partial charge in [-0.05, 0) is 6.07 Å². The molecule has 18 heavy (non-hydrogen) atoms. The van der Waals surface area contributed by atoms with Gasteiger partial charge in [0.1, 0.15) is 0 Å². The normalized spacial score (nSPS) is 10.1. The van der Waals surface area contributed by atoms with Gasteiger partial charge in [-0.1, -0.05) is 46.3 Å². The lowest BCUT2D eigenvalue weighted by molar-refractivity contribution is -0.113. The summed E-state index contributed by atoms with van der Waals surface area (Å²) in [6.45, 7) is 0. The fourth-order valence-electron chi connectivity index (χ4n) is 1.49. The number of carbonyl (C=O) groups is 2. The Labute approximate surface area is 112 Å². The van der Waals surface area contributed by atoms with E-state index in [1.165, 1.54) is 6.26 Å². The van der Waals surface area contributed by atoms with E-state index in [1.807, 2.05) is 6.07 Å². The van der Waals surface area contributed by atoms with Gasteiger partial charge in [-0.3, -0.25) is 14.9 Å². The average molecular weight is 308 g/mol. The van der Waals surface area contributed by atoms with Gasteiger partial charge in [0.25, 0.3) is 0 Å². The molecule has 0 spiro atoms. The van der Waals surface area contributed by atoms with Crippen LogP contribution in [0.2, 0.25) is 0 Å². The van der Waals surface area contributed by atoms with Crippen LogP contribution in [0, 0.1) is 0 Å². The largest absolute Gasteiger partial charge is 0.448 e. The second-order valence-electron chi connectivity index (χ2n) is 3.54. The first-order chi connectivity index (χ1) is 8.72. The fourth-order valence-corrected chi connectivity index (χ4v) is 1.63. The van der Waals surface area contributed by atoms with E-state index in [0.717, 1.165) is 0 Å². The number of halogens is 1. The monoisotopic (exact) mass is 307 g/mol. The third kappa shape index (κ3) is 2.68. The van der Waals surface area contributed by atoms with Crippen molar-refractivity contribution in [1.29, 1.82) is 0 Å². The predicted octanol–water partition coefficient (Wildman–Crippen LogP) is 2.84. The molecule has 4 nitrogen and oxygen atoms in total. The maximum absolute atomic E-state index is 12.2. The SMILES string of the molecule is O=C(CBr)Nc1occc1C(=O)c1ccccc1. The Kier molecular flexibility index (Phi) is 3.94. The minimum atomic E-state index is -0.271. The van der Waals surface area contributed by atoms with E-state index in [-0.39, 0.29) is 22.9 Å². The van der Waals surface area contributed by atoms with Gasteiger partial charge in [0.15, 0.2) is 5.78 Å². The number of hydrogen-bond acceptors (Lipinski definition) is 3. The molecule has 0 bridgehead atoms. The summed E-state index contributed by atoms with van der Waals surface area (Å²) in [5.74, 6) is -0.283. The highest BCUT2D eigenvalue weighted by Gasteiger charge is 2.17. The van der Waals surface area contributed by atoms with Gasteiger partial charge in [0, 0.05) is 5.56 Å². The van der Waals surface area contributed by atoms with Crippen molar-refractivity contribution >= 4 is 33.5 Å². The quantitative estimate of drug-likeness (QED) is 0.698. The van der Waals surface area contributed by atoms with E-state index >= 15 is 0 Å². The number of amides is 1. The number of alkyl halides is 1. The van der Waals surface area contributed by atoms with Crippen molar-refractivity contribution in [3.63, 3.8) is 0 Å². The van der Waals surface area contributed by atoms with Gasteiger partial charge in [0.05, 0.1) is 17.2 Å². The Morgan fingerprint density at radius 1 is 1.17 bits per heavy atom. The summed E-state index contributed by atoms with van der Waals surface area (Å²) in [5, 5.41) is 2.66. The number of anilines is 1. The van der Waals surface area contributed by atoms with Crippen molar-refractivity contribution in [1.82, 2.24) is 0 Å². The molecule has 1 aromatic carbocycles. The molecular weight excluding hydrogens is 298 g/mol. The minimum Gasteiger partial charge on any atom is -0.448 e. The Morgan fingerprint density at radius 2 is 1.89 bits per heavy atom. The molecule has 0 unspecified atom stereocenters. The number of ketones is 1. The third-order valence-electron chi connectivity index (χ3n) is 2.32. The molecule has 92 valence electrons. The molecule has 1 aromatic heterocycles.